The molecule has 0 saturated heterocycles. The molecule has 0 atom stereocenters. The Balaban J connectivity index is 1.30. The molecular formula is C22H21N5O2S2. The Kier molecular flexibility index (Phi) is 5.52. The number of rotatable bonds is 8. The molecule has 5 rings (SSSR count). The lowest BCUT2D eigenvalue weighted by molar-refractivity contribution is 0.174. The first-order chi connectivity index (χ1) is 15.2. The van der Waals surface area contributed by atoms with Gasteiger partial charge in [0.1, 0.15) is 10.8 Å². The maximum Gasteiger partial charge on any atom is 0.231 e. The van der Waals surface area contributed by atoms with Gasteiger partial charge in [-0.1, -0.05) is 17.8 Å². The van der Waals surface area contributed by atoms with Crippen LogP contribution in [0.5, 0.6) is 11.5 Å². The Labute approximate surface area is 188 Å². The van der Waals surface area contributed by atoms with Crippen LogP contribution < -0.4 is 9.47 Å². The molecule has 0 bridgehead atoms. The van der Waals surface area contributed by atoms with E-state index in [1.807, 2.05) is 43.6 Å². The van der Waals surface area contributed by atoms with Gasteiger partial charge in [0.05, 0.1) is 5.69 Å². The highest BCUT2D eigenvalue weighted by Gasteiger charge is 2.17. The lowest BCUT2D eigenvalue weighted by Crippen LogP contribution is -2.06. The lowest BCUT2D eigenvalue weighted by atomic mass is 10.2. The number of nitrogens with zero attached hydrogens (tertiary/aromatic N) is 5. The van der Waals surface area contributed by atoms with Crippen molar-refractivity contribution in [2.75, 3.05) is 6.79 Å². The number of thioether (sulfide) groups is 1. The van der Waals surface area contributed by atoms with Gasteiger partial charge in [-0.3, -0.25) is 0 Å². The summed E-state index contributed by atoms with van der Waals surface area (Å²) in [5.74, 6) is 3.21. The van der Waals surface area contributed by atoms with Gasteiger partial charge < -0.3 is 18.6 Å². The summed E-state index contributed by atoms with van der Waals surface area (Å²) in [5, 5.41) is 12.8. The maximum atomic E-state index is 5.48. The lowest BCUT2D eigenvalue weighted by Gasteiger charge is -2.08. The summed E-state index contributed by atoms with van der Waals surface area (Å²) in [7, 11) is 2.04. The van der Waals surface area contributed by atoms with Crippen molar-refractivity contribution in [3.8, 4) is 22.1 Å². The Bertz CT molecular complexity index is 1230. The van der Waals surface area contributed by atoms with Crippen LogP contribution in [0.4, 0.5) is 0 Å². The van der Waals surface area contributed by atoms with Gasteiger partial charge in [0, 0.05) is 48.6 Å². The second kappa shape index (κ2) is 8.60. The summed E-state index contributed by atoms with van der Waals surface area (Å²) in [4.78, 5) is 4.80. The molecule has 4 heterocycles. The quantitative estimate of drug-likeness (QED) is 0.289. The Morgan fingerprint density at radius 1 is 1.23 bits per heavy atom. The van der Waals surface area contributed by atoms with Crippen LogP contribution >= 0.6 is 23.1 Å². The molecule has 7 nitrogen and oxygen atoms in total. The molecule has 1 aliphatic rings. The summed E-state index contributed by atoms with van der Waals surface area (Å²) < 4.78 is 15.1. The third kappa shape index (κ3) is 4.11. The van der Waals surface area contributed by atoms with Crippen LogP contribution in [0.15, 0.2) is 59.7 Å². The number of thiazole rings is 1. The van der Waals surface area contributed by atoms with Crippen LogP contribution in [0, 0.1) is 0 Å². The average Bonchev–Trinajstić information content (AvgIpc) is 3.56. The summed E-state index contributed by atoms with van der Waals surface area (Å²) in [6.45, 7) is 4.84. The van der Waals surface area contributed by atoms with Gasteiger partial charge in [0.25, 0.3) is 0 Å². The molecule has 0 saturated carbocycles. The van der Waals surface area contributed by atoms with Crippen LogP contribution in [-0.2, 0) is 25.8 Å². The van der Waals surface area contributed by atoms with Crippen LogP contribution in [0.3, 0.4) is 0 Å². The van der Waals surface area contributed by atoms with E-state index < -0.39 is 0 Å². The fraction of sp³-hybridized carbons (Fsp3) is 0.227. The van der Waals surface area contributed by atoms with Gasteiger partial charge in [-0.05, 0) is 30.3 Å². The minimum Gasteiger partial charge on any atom is -0.454 e. The second-order valence-corrected chi connectivity index (χ2v) is 8.89. The zero-order valence-corrected chi connectivity index (χ0v) is 18.7. The van der Waals surface area contributed by atoms with Crippen LogP contribution in [-0.4, -0.2) is 31.1 Å². The molecule has 4 aromatic rings. The van der Waals surface area contributed by atoms with Crippen molar-refractivity contribution >= 4 is 23.1 Å². The van der Waals surface area contributed by atoms with Gasteiger partial charge in [-0.15, -0.1) is 28.1 Å². The van der Waals surface area contributed by atoms with Gasteiger partial charge in [0.2, 0.25) is 6.79 Å². The number of aryl methyl sites for hydroxylation is 1. The molecule has 1 aromatic carbocycles. The van der Waals surface area contributed by atoms with Gasteiger partial charge in [0.15, 0.2) is 16.7 Å². The van der Waals surface area contributed by atoms with Crippen molar-refractivity contribution < 1.29 is 9.47 Å². The summed E-state index contributed by atoms with van der Waals surface area (Å²) in [5.41, 5.74) is 3.24. The molecule has 0 radical (unpaired) electrons. The molecule has 0 unspecified atom stereocenters. The Morgan fingerprint density at radius 2 is 2.13 bits per heavy atom. The van der Waals surface area contributed by atoms with E-state index in [2.05, 4.69) is 37.4 Å². The smallest absolute Gasteiger partial charge is 0.231 e. The van der Waals surface area contributed by atoms with Crippen molar-refractivity contribution in [1.82, 2.24) is 24.3 Å². The summed E-state index contributed by atoms with van der Waals surface area (Å²) in [6, 6.07) is 10.1. The molecule has 3 aromatic heterocycles. The Morgan fingerprint density at radius 3 is 2.97 bits per heavy atom. The van der Waals surface area contributed by atoms with Gasteiger partial charge in [-0.25, -0.2) is 4.98 Å². The monoisotopic (exact) mass is 451 g/mol. The molecule has 9 heteroatoms. The topological polar surface area (TPSA) is 67.0 Å². The van der Waals surface area contributed by atoms with Gasteiger partial charge >= 0.3 is 0 Å². The van der Waals surface area contributed by atoms with Crippen LogP contribution in [0.2, 0.25) is 0 Å². The van der Waals surface area contributed by atoms with E-state index in [1.54, 1.807) is 23.1 Å². The maximum absolute atomic E-state index is 5.48. The van der Waals surface area contributed by atoms with E-state index in [1.165, 1.54) is 5.69 Å². The number of allylic oxidation sites excluding steroid dienone is 1. The molecule has 0 spiro atoms. The fourth-order valence-corrected chi connectivity index (χ4v) is 5.17. The molecule has 158 valence electrons. The molecule has 0 aliphatic carbocycles. The Hall–Kier alpha value is -3.04. The highest BCUT2D eigenvalue weighted by atomic mass is 32.2. The summed E-state index contributed by atoms with van der Waals surface area (Å²) in [6.07, 6.45) is 4.65. The van der Waals surface area contributed by atoms with Crippen molar-refractivity contribution in [1.29, 1.82) is 0 Å². The number of aromatic nitrogens is 5. The third-order valence-corrected chi connectivity index (χ3v) is 6.96. The van der Waals surface area contributed by atoms with E-state index in [4.69, 9.17) is 14.5 Å². The number of ether oxygens (including phenoxy) is 2. The number of hydrogen-bond donors (Lipinski definition) is 0. The van der Waals surface area contributed by atoms with E-state index in [9.17, 15) is 0 Å². The van der Waals surface area contributed by atoms with Crippen molar-refractivity contribution in [2.45, 2.75) is 23.9 Å². The number of benzene rings is 1. The molecule has 31 heavy (non-hydrogen) atoms. The minimum absolute atomic E-state index is 0.274. The first-order valence-corrected chi connectivity index (χ1v) is 11.7. The average molecular weight is 452 g/mol. The van der Waals surface area contributed by atoms with E-state index >= 15 is 0 Å². The predicted molar refractivity (Wildman–Crippen MR) is 122 cm³/mol. The standard InChI is InChI=1S/C22H21N5O2S2/c1-3-8-27-20(11-17-5-4-9-26(17)2)24-25-22(27)31-13-16-12-30-21(23-16)15-6-7-18-19(10-15)29-14-28-18/h3-7,9-10,12H,1,8,11,13-14H2,2H3. The van der Waals surface area contributed by atoms with E-state index in [0.717, 1.165) is 50.9 Å². The highest BCUT2D eigenvalue weighted by Crippen LogP contribution is 2.37. The van der Waals surface area contributed by atoms with Crippen molar-refractivity contribution in [3.63, 3.8) is 0 Å². The highest BCUT2D eigenvalue weighted by molar-refractivity contribution is 7.98. The number of fused-ring (bicyclic) bond motifs is 1. The number of hydrogen-bond acceptors (Lipinski definition) is 7. The molecule has 0 fully saturated rings. The first kappa shape index (κ1) is 19.9. The normalized spacial score (nSPS) is 12.4. The van der Waals surface area contributed by atoms with Crippen LogP contribution in [0.1, 0.15) is 17.2 Å². The molecule has 0 N–H and O–H groups in total. The van der Waals surface area contributed by atoms with E-state index in [-0.39, 0.29) is 6.79 Å². The second-order valence-electron chi connectivity index (χ2n) is 7.09. The molecule has 0 amide bonds. The SMILES string of the molecule is C=CCn1c(Cc2cccn2C)nnc1SCc1csc(-c2ccc3c(c2)OCO3)n1. The van der Waals surface area contributed by atoms with E-state index in [0.29, 0.717) is 6.54 Å². The van der Waals surface area contributed by atoms with Crippen LogP contribution in [0.25, 0.3) is 10.6 Å². The molecule has 1 aliphatic heterocycles. The zero-order chi connectivity index (χ0) is 21.2. The first-order valence-electron chi connectivity index (χ1n) is 9.81. The summed E-state index contributed by atoms with van der Waals surface area (Å²) >= 11 is 3.27. The fourth-order valence-electron chi connectivity index (χ4n) is 3.39. The zero-order valence-electron chi connectivity index (χ0n) is 17.0. The van der Waals surface area contributed by atoms with Gasteiger partial charge in [-0.2, -0.15) is 0 Å². The largest absolute Gasteiger partial charge is 0.454 e. The predicted octanol–water partition coefficient (Wildman–Crippen LogP) is 4.54. The third-order valence-electron chi connectivity index (χ3n) is 5.02. The van der Waals surface area contributed by atoms with Crippen molar-refractivity contribution in [3.05, 3.63) is 71.8 Å². The molecular weight excluding hydrogens is 430 g/mol. The van der Waals surface area contributed by atoms with Crippen molar-refractivity contribution in [2.24, 2.45) is 7.05 Å². The minimum atomic E-state index is 0.274.